The molecule has 3 N–H and O–H groups in total. The Labute approximate surface area is 123 Å². The molecule has 0 unspecified atom stereocenters. The highest BCUT2D eigenvalue weighted by molar-refractivity contribution is 6.31. The Morgan fingerprint density at radius 2 is 2.10 bits per heavy atom. The van der Waals surface area contributed by atoms with Crippen LogP contribution in [0.15, 0.2) is 24.4 Å². The number of nitrogens with zero attached hydrogens (tertiary/aromatic N) is 1. The van der Waals surface area contributed by atoms with E-state index in [9.17, 15) is 18.0 Å². The molecule has 1 aromatic carbocycles. The van der Waals surface area contributed by atoms with Crippen molar-refractivity contribution in [2.24, 2.45) is 5.73 Å². The molecule has 0 saturated carbocycles. The van der Waals surface area contributed by atoms with Gasteiger partial charge in [0.2, 0.25) is 5.91 Å². The minimum atomic E-state index is -4.43. The number of halogens is 4. The van der Waals surface area contributed by atoms with E-state index in [4.69, 9.17) is 17.3 Å². The molecule has 4 nitrogen and oxygen atoms in total. The molecule has 1 aromatic heterocycles. The first-order valence-electron chi connectivity index (χ1n) is 6.11. The van der Waals surface area contributed by atoms with Crippen LogP contribution in [0.2, 0.25) is 5.02 Å². The van der Waals surface area contributed by atoms with Crippen LogP contribution in [0.5, 0.6) is 0 Å². The first-order valence-corrected chi connectivity index (χ1v) is 6.49. The van der Waals surface area contributed by atoms with Gasteiger partial charge in [0.05, 0.1) is 5.52 Å². The maximum atomic E-state index is 12.1. The van der Waals surface area contributed by atoms with Gasteiger partial charge >= 0.3 is 6.18 Å². The van der Waals surface area contributed by atoms with Crippen LogP contribution in [0.4, 0.5) is 13.2 Å². The van der Waals surface area contributed by atoms with Gasteiger partial charge in [0, 0.05) is 23.2 Å². The molecular weight excluding hydrogens is 307 g/mol. The predicted molar refractivity (Wildman–Crippen MR) is 73.9 cm³/mol. The summed E-state index contributed by atoms with van der Waals surface area (Å²) in [6, 6.07) is 5.11. The van der Waals surface area contributed by atoms with E-state index in [1.54, 1.807) is 24.4 Å². The summed E-state index contributed by atoms with van der Waals surface area (Å²) in [7, 11) is 0. The van der Waals surface area contributed by atoms with E-state index < -0.39 is 18.6 Å². The molecule has 1 heterocycles. The molecule has 21 heavy (non-hydrogen) atoms. The standard InChI is InChI=1S/C13H13ClF3N3O/c14-9-1-2-10-8(4-18)5-20(11(10)3-9)6-12(21)19-7-13(15,16)17/h1-3,5H,4,6-7,18H2,(H,19,21). The average Bonchev–Trinajstić information content (AvgIpc) is 2.73. The summed E-state index contributed by atoms with van der Waals surface area (Å²) in [4.78, 5) is 11.6. The van der Waals surface area contributed by atoms with Crippen LogP contribution >= 0.6 is 11.6 Å². The summed E-state index contributed by atoms with van der Waals surface area (Å²) in [6.45, 7) is -1.32. The summed E-state index contributed by atoms with van der Waals surface area (Å²) >= 11 is 5.91. The van der Waals surface area contributed by atoms with Crippen molar-refractivity contribution in [3.63, 3.8) is 0 Å². The zero-order valence-electron chi connectivity index (χ0n) is 10.9. The molecule has 2 aromatic rings. The van der Waals surface area contributed by atoms with Crippen LogP contribution in [-0.4, -0.2) is 23.2 Å². The fourth-order valence-electron chi connectivity index (χ4n) is 2.04. The lowest BCUT2D eigenvalue weighted by Gasteiger charge is -2.09. The molecular formula is C13H13ClF3N3O. The Morgan fingerprint density at radius 3 is 2.71 bits per heavy atom. The second kappa shape index (κ2) is 5.95. The second-order valence-electron chi connectivity index (χ2n) is 4.54. The van der Waals surface area contributed by atoms with Gasteiger partial charge in [-0.3, -0.25) is 4.79 Å². The molecule has 0 saturated heterocycles. The van der Waals surface area contributed by atoms with Crippen LogP contribution < -0.4 is 11.1 Å². The second-order valence-corrected chi connectivity index (χ2v) is 4.98. The van der Waals surface area contributed by atoms with E-state index in [1.807, 2.05) is 5.32 Å². The number of aromatic nitrogens is 1. The third-order valence-corrected chi connectivity index (χ3v) is 3.18. The molecule has 0 atom stereocenters. The lowest BCUT2D eigenvalue weighted by atomic mass is 10.2. The maximum absolute atomic E-state index is 12.1. The van der Waals surface area contributed by atoms with Crippen LogP contribution in [0, 0.1) is 0 Å². The van der Waals surface area contributed by atoms with E-state index in [-0.39, 0.29) is 13.1 Å². The maximum Gasteiger partial charge on any atom is 0.405 e. The molecule has 1 amide bonds. The van der Waals surface area contributed by atoms with Crippen LogP contribution in [0.1, 0.15) is 5.56 Å². The number of hydrogen-bond acceptors (Lipinski definition) is 2. The number of amides is 1. The Hall–Kier alpha value is -1.73. The fraction of sp³-hybridized carbons (Fsp3) is 0.308. The molecule has 0 spiro atoms. The molecule has 0 radical (unpaired) electrons. The fourth-order valence-corrected chi connectivity index (χ4v) is 2.21. The average molecular weight is 320 g/mol. The zero-order valence-corrected chi connectivity index (χ0v) is 11.6. The minimum absolute atomic E-state index is 0.229. The van der Waals surface area contributed by atoms with Crippen molar-refractivity contribution in [2.75, 3.05) is 6.54 Å². The number of fused-ring (bicyclic) bond motifs is 1. The van der Waals surface area contributed by atoms with Crippen molar-refractivity contribution in [3.05, 3.63) is 35.0 Å². The van der Waals surface area contributed by atoms with Crippen LogP contribution in [-0.2, 0) is 17.9 Å². The largest absolute Gasteiger partial charge is 0.405 e. The summed E-state index contributed by atoms with van der Waals surface area (Å²) < 4.78 is 37.7. The van der Waals surface area contributed by atoms with Gasteiger partial charge in [-0.05, 0) is 17.7 Å². The molecule has 114 valence electrons. The highest BCUT2D eigenvalue weighted by atomic mass is 35.5. The van der Waals surface area contributed by atoms with Gasteiger partial charge in [-0.15, -0.1) is 0 Å². The van der Waals surface area contributed by atoms with Gasteiger partial charge < -0.3 is 15.6 Å². The van der Waals surface area contributed by atoms with Crippen molar-refractivity contribution in [2.45, 2.75) is 19.3 Å². The summed E-state index contributed by atoms with van der Waals surface area (Å²) in [5.41, 5.74) is 7.07. The lowest BCUT2D eigenvalue weighted by molar-refractivity contribution is -0.138. The normalized spacial score (nSPS) is 11.9. The molecule has 8 heteroatoms. The van der Waals surface area contributed by atoms with E-state index in [2.05, 4.69) is 0 Å². The summed E-state index contributed by atoms with van der Waals surface area (Å²) in [6.07, 6.45) is -2.78. The number of benzene rings is 1. The molecule has 0 aliphatic heterocycles. The Kier molecular flexibility index (Phi) is 4.43. The zero-order chi connectivity index (χ0) is 15.6. The number of rotatable bonds is 4. The van der Waals surface area contributed by atoms with Gasteiger partial charge in [0.25, 0.3) is 0 Å². The van der Waals surface area contributed by atoms with E-state index in [1.165, 1.54) is 4.57 Å². The molecule has 0 bridgehead atoms. The molecule has 0 fully saturated rings. The monoisotopic (exact) mass is 319 g/mol. The quantitative estimate of drug-likeness (QED) is 0.909. The number of carbonyl (C=O) groups excluding carboxylic acids is 1. The van der Waals surface area contributed by atoms with Gasteiger partial charge in [-0.1, -0.05) is 17.7 Å². The van der Waals surface area contributed by atoms with E-state index in [0.29, 0.717) is 10.5 Å². The Balaban J connectivity index is 2.22. The van der Waals surface area contributed by atoms with Gasteiger partial charge in [-0.2, -0.15) is 13.2 Å². The third kappa shape index (κ3) is 3.89. The Morgan fingerprint density at radius 1 is 1.38 bits per heavy atom. The smallest absolute Gasteiger partial charge is 0.345 e. The van der Waals surface area contributed by atoms with Crippen molar-refractivity contribution in [1.29, 1.82) is 0 Å². The number of carbonyl (C=O) groups is 1. The molecule has 2 rings (SSSR count). The highest BCUT2D eigenvalue weighted by Gasteiger charge is 2.27. The number of hydrogen-bond donors (Lipinski definition) is 2. The molecule has 0 aliphatic carbocycles. The number of nitrogens with one attached hydrogen (secondary N) is 1. The topological polar surface area (TPSA) is 60.0 Å². The summed E-state index contributed by atoms with van der Waals surface area (Å²) in [5, 5.41) is 3.13. The van der Waals surface area contributed by atoms with E-state index in [0.717, 1.165) is 10.9 Å². The van der Waals surface area contributed by atoms with Crippen molar-refractivity contribution >= 4 is 28.4 Å². The van der Waals surface area contributed by atoms with Crippen LogP contribution in [0.3, 0.4) is 0 Å². The van der Waals surface area contributed by atoms with Gasteiger partial charge in [-0.25, -0.2) is 0 Å². The lowest BCUT2D eigenvalue weighted by Crippen LogP contribution is -2.35. The number of alkyl halides is 3. The van der Waals surface area contributed by atoms with Gasteiger partial charge in [0.15, 0.2) is 0 Å². The minimum Gasteiger partial charge on any atom is -0.345 e. The van der Waals surface area contributed by atoms with Crippen molar-refractivity contribution in [3.8, 4) is 0 Å². The molecule has 0 aliphatic rings. The summed E-state index contributed by atoms with van der Waals surface area (Å²) in [5.74, 6) is -0.729. The predicted octanol–water partition coefficient (Wildman–Crippen LogP) is 2.43. The Bertz CT molecular complexity index is 666. The van der Waals surface area contributed by atoms with Crippen molar-refractivity contribution in [1.82, 2.24) is 9.88 Å². The first kappa shape index (κ1) is 15.7. The SMILES string of the molecule is NCc1cn(CC(=O)NCC(F)(F)F)c2cc(Cl)ccc12. The van der Waals surface area contributed by atoms with E-state index >= 15 is 0 Å². The number of nitrogens with two attached hydrogens (primary N) is 1. The third-order valence-electron chi connectivity index (χ3n) is 2.95. The highest BCUT2D eigenvalue weighted by Crippen LogP contribution is 2.24. The van der Waals surface area contributed by atoms with Crippen molar-refractivity contribution < 1.29 is 18.0 Å². The first-order chi connectivity index (χ1) is 9.80. The van der Waals surface area contributed by atoms with Gasteiger partial charge in [0.1, 0.15) is 13.1 Å². The van der Waals surface area contributed by atoms with Crippen LogP contribution in [0.25, 0.3) is 10.9 Å².